The third kappa shape index (κ3) is 4.33. The summed E-state index contributed by atoms with van der Waals surface area (Å²) < 4.78 is 5.28. The molecule has 19 heavy (non-hydrogen) atoms. The highest BCUT2D eigenvalue weighted by atomic mass is 16.5. The summed E-state index contributed by atoms with van der Waals surface area (Å²) >= 11 is 0. The summed E-state index contributed by atoms with van der Waals surface area (Å²) in [5.41, 5.74) is 5.75. The van der Waals surface area contributed by atoms with Crippen molar-refractivity contribution >= 4 is 11.6 Å². The molecule has 0 radical (unpaired) electrons. The third-order valence-corrected chi connectivity index (χ3v) is 3.31. The molecule has 1 aliphatic rings. The number of aromatic nitrogens is 2. The molecule has 106 valence electrons. The van der Waals surface area contributed by atoms with E-state index in [-0.39, 0.29) is 6.10 Å². The molecule has 1 aliphatic carbocycles. The van der Waals surface area contributed by atoms with Gasteiger partial charge < -0.3 is 20.9 Å². The minimum atomic E-state index is -0.143. The van der Waals surface area contributed by atoms with Crippen LogP contribution in [0.1, 0.15) is 32.0 Å². The standard InChI is InChI=1S/C13H22N4O2/c1-2-19-8-13-16-11(14)6-12(17-13)15-7-9-3-4-10(18)5-9/h6,9-10,18H,2-5,7-8H2,1H3,(H3,14,15,16,17). The van der Waals surface area contributed by atoms with Gasteiger partial charge in [0.2, 0.25) is 0 Å². The Labute approximate surface area is 113 Å². The van der Waals surface area contributed by atoms with Crippen LogP contribution in [-0.2, 0) is 11.3 Å². The second-order valence-corrected chi connectivity index (χ2v) is 4.95. The number of aliphatic hydroxyl groups excluding tert-OH is 1. The fourth-order valence-corrected chi connectivity index (χ4v) is 2.35. The molecule has 1 heterocycles. The lowest BCUT2D eigenvalue weighted by atomic mass is 10.1. The van der Waals surface area contributed by atoms with E-state index in [1.807, 2.05) is 6.92 Å². The summed E-state index contributed by atoms with van der Waals surface area (Å²) in [6.07, 6.45) is 2.67. The van der Waals surface area contributed by atoms with Gasteiger partial charge in [-0.05, 0) is 32.1 Å². The van der Waals surface area contributed by atoms with Gasteiger partial charge in [0.1, 0.15) is 18.2 Å². The number of aliphatic hydroxyl groups is 1. The largest absolute Gasteiger partial charge is 0.393 e. The van der Waals surface area contributed by atoms with E-state index in [1.165, 1.54) is 0 Å². The van der Waals surface area contributed by atoms with Crippen LogP contribution >= 0.6 is 0 Å². The van der Waals surface area contributed by atoms with Crippen LogP contribution in [-0.4, -0.2) is 34.3 Å². The molecule has 0 saturated heterocycles. The summed E-state index contributed by atoms with van der Waals surface area (Å²) in [7, 11) is 0. The molecule has 0 aliphatic heterocycles. The predicted octanol–water partition coefficient (Wildman–Crippen LogP) is 1.17. The van der Waals surface area contributed by atoms with Crippen molar-refractivity contribution in [2.75, 3.05) is 24.2 Å². The SMILES string of the molecule is CCOCc1nc(N)cc(NCC2CCC(O)C2)n1. The molecule has 1 aromatic heterocycles. The molecular weight excluding hydrogens is 244 g/mol. The van der Waals surface area contributed by atoms with Crippen molar-refractivity contribution in [1.82, 2.24) is 9.97 Å². The van der Waals surface area contributed by atoms with Crippen molar-refractivity contribution < 1.29 is 9.84 Å². The normalized spacial score (nSPS) is 22.6. The molecule has 1 aromatic rings. The van der Waals surface area contributed by atoms with Crippen LogP contribution in [0.2, 0.25) is 0 Å². The van der Waals surface area contributed by atoms with Gasteiger partial charge in [-0.1, -0.05) is 0 Å². The van der Waals surface area contributed by atoms with Gasteiger partial charge in [-0.2, -0.15) is 0 Å². The van der Waals surface area contributed by atoms with Crippen LogP contribution in [0.3, 0.4) is 0 Å². The predicted molar refractivity (Wildman–Crippen MR) is 73.6 cm³/mol. The van der Waals surface area contributed by atoms with Gasteiger partial charge in [0.15, 0.2) is 5.82 Å². The van der Waals surface area contributed by atoms with E-state index in [1.54, 1.807) is 6.07 Å². The molecule has 6 heteroatoms. The van der Waals surface area contributed by atoms with Crippen molar-refractivity contribution in [3.8, 4) is 0 Å². The lowest BCUT2D eigenvalue weighted by Crippen LogP contribution is -2.14. The second kappa shape index (κ2) is 6.68. The highest BCUT2D eigenvalue weighted by molar-refractivity contribution is 5.44. The summed E-state index contributed by atoms with van der Waals surface area (Å²) in [4.78, 5) is 8.49. The number of anilines is 2. The molecule has 0 spiro atoms. The Kier molecular flexibility index (Phi) is 4.93. The first-order valence-corrected chi connectivity index (χ1v) is 6.80. The fraction of sp³-hybridized carbons (Fsp3) is 0.692. The van der Waals surface area contributed by atoms with Crippen LogP contribution in [0.5, 0.6) is 0 Å². The fourth-order valence-electron chi connectivity index (χ4n) is 2.35. The number of rotatable bonds is 6. The number of hydrogen-bond donors (Lipinski definition) is 3. The van der Waals surface area contributed by atoms with E-state index < -0.39 is 0 Å². The van der Waals surface area contributed by atoms with Crippen LogP contribution in [0.4, 0.5) is 11.6 Å². The van der Waals surface area contributed by atoms with E-state index in [0.29, 0.717) is 30.8 Å². The smallest absolute Gasteiger partial charge is 0.158 e. The summed E-state index contributed by atoms with van der Waals surface area (Å²) in [6.45, 7) is 3.73. The van der Waals surface area contributed by atoms with Crippen molar-refractivity contribution in [2.24, 2.45) is 5.92 Å². The Morgan fingerprint density at radius 3 is 3.00 bits per heavy atom. The average molecular weight is 266 g/mol. The first-order chi connectivity index (χ1) is 9.17. The first-order valence-electron chi connectivity index (χ1n) is 6.80. The van der Waals surface area contributed by atoms with Gasteiger partial charge in [0, 0.05) is 19.2 Å². The quantitative estimate of drug-likeness (QED) is 0.715. The summed E-state index contributed by atoms with van der Waals surface area (Å²) in [5, 5.41) is 12.8. The second-order valence-electron chi connectivity index (χ2n) is 4.95. The highest BCUT2D eigenvalue weighted by Gasteiger charge is 2.22. The molecular formula is C13H22N4O2. The maximum absolute atomic E-state index is 9.49. The summed E-state index contributed by atoms with van der Waals surface area (Å²) in [5.74, 6) is 2.26. The zero-order valence-corrected chi connectivity index (χ0v) is 11.3. The van der Waals surface area contributed by atoms with E-state index in [9.17, 15) is 5.11 Å². The molecule has 0 bridgehead atoms. The van der Waals surface area contributed by atoms with Crippen LogP contribution in [0.25, 0.3) is 0 Å². The van der Waals surface area contributed by atoms with Crippen molar-refractivity contribution in [3.05, 3.63) is 11.9 Å². The van der Waals surface area contributed by atoms with Crippen molar-refractivity contribution in [1.29, 1.82) is 0 Å². The van der Waals surface area contributed by atoms with Crippen molar-refractivity contribution in [3.63, 3.8) is 0 Å². The molecule has 0 amide bonds. The molecule has 2 unspecified atom stereocenters. The highest BCUT2D eigenvalue weighted by Crippen LogP contribution is 2.25. The van der Waals surface area contributed by atoms with E-state index in [2.05, 4.69) is 15.3 Å². The third-order valence-electron chi connectivity index (χ3n) is 3.31. The Hall–Kier alpha value is -1.40. The molecule has 0 aromatic carbocycles. The molecule has 6 nitrogen and oxygen atoms in total. The van der Waals surface area contributed by atoms with Crippen LogP contribution in [0.15, 0.2) is 6.07 Å². The van der Waals surface area contributed by atoms with E-state index >= 15 is 0 Å². The molecule has 1 saturated carbocycles. The monoisotopic (exact) mass is 266 g/mol. The number of nitrogens with two attached hydrogens (primary N) is 1. The minimum Gasteiger partial charge on any atom is -0.393 e. The zero-order chi connectivity index (χ0) is 13.7. The minimum absolute atomic E-state index is 0.143. The topological polar surface area (TPSA) is 93.3 Å². The Bertz CT molecular complexity index is 414. The number of nitrogens with one attached hydrogen (secondary N) is 1. The molecule has 2 atom stereocenters. The molecule has 2 rings (SSSR count). The maximum atomic E-state index is 9.49. The Morgan fingerprint density at radius 1 is 1.47 bits per heavy atom. The van der Waals surface area contributed by atoms with Gasteiger partial charge in [-0.25, -0.2) is 9.97 Å². The summed E-state index contributed by atoms with van der Waals surface area (Å²) in [6, 6.07) is 1.72. The number of nitrogens with zero attached hydrogens (tertiary/aromatic N) is 2. The van der Waals surface area contributed by atoms with Gasteiger partial charge in [-0.3, -0.25) is 0 Å². The van der Waals surface area contributed by atoms with Crippen LogP contribution < -0.4 is 11.1 Å². The lowest BCUT2D eigenvalue weighted by Gasteiger charge is -2.12. The number of nitrogen functional groups attached to an aromatic ring is 1. The van der Waals surface area contributed by atoms with Gasteiger partial charge >= 0.3 is 0 Å². The molecule has 1 fully saturated rings. The van der Waals surface area contributed by atoms with E-state index in [4.69, 9.17) is 10.5 Å². The Morgan fingerprint density at radius 2 is 2.32 bits per heavy atom. The first kappa shape index (κ1) is 14.0. The maximum Gasteiger partial charge on any atom is 0.158 e. The lowest BCUT2D eigenvalue weighted by molar-refractivity contribution is 0.128. The van der Waals surface area contributed by atoms with Gasteiger partial charge in [0.25, 0.3) is 0 Å². The van der Waals surface area contributed by atoms with Crippen molar-refractivity contribution in [2.45, 2.75) is 38.9 Å². The average Bonchev–Trinajstić information content (AvgIpc) is 2.79. The Balaban J connectivity index is 1.90. The van der Waals surface area contributed by atoms with Gasteiger partial charge in [0.05, 0.1) is 6.10 Å². The zero-order valence-electron chi connectivity index (χ0n) is 11.3. The van der Waals surface area contributed by atoms with Crippen LogP contribution in [0, 0.1) is 5.92 Å². The van der Waals surface area contributed by atoms with Gasteiger partial charge in [-0.15, -0.1) is 0 Å². The molecule has 4 N–H and O–H groups in total. The number of hydrogen-bond acceptors (Lipinski definition) is 6. The van der Waals surface area contributed by atoms with E-state index in [0.717, 1.165) is 31.6 Å². The number of ether oxygens (including phenoxy) is 1.